The summed E-state index contributed by atoms with van der Waals surface area (Å²) in [5, 5.41) is 9.61. The molecule has 13 aromatic rings. The number of hydrogen-bond acceptors (Lipinski definition) is 4. The summed E-state index contributed by atoms with van der Waals surface area (Å²) in [4.78, 5) is 4.92. The quantitative estimate of drug-likeness (QED) is 0.164. The molecule has 60 heavy (non-hydrogen) atoms. The van der Waals surface area contributed by atoms with Crippen LogP contribution in [-0.2, 0) is 0 Å². The van der Waals surface area contributed by atoms with Crippen LogP contribution in [0.4, 0.5) is 34.1 Å². The van der Waals surface area contributed by atoms with E-state index in [1.807, 2.05) is 12.1 Å². The van der Waals surface area contributed by atoms with E-state index < -0.39 is 0 Å². The second kappa shape index (κ2) is 11.0. The monoisotopic (exact) mass is 763 g/mol. The number of anilines is 6. The van der Waals surface area contributed by atoms with Gasteiger partial charge < -0.3 is 23.0 Å². The molecule has 0 saturated carbocycles. The van der Waals surface area contributed by atoms with Gasteiger partial charge in [-0.3, -0.25) is 0 Å². The van der Waals surface area contributed by atoms with Gasteiger partial charge in [0.25, 0.3) is 6.71 Å². The Bertz CT molecular complexity index is 4000. The number of hydrogen-bond donors (Lipinski definition) is 0. The van der Waals surface area contributed by atoms with Gasteiger partial charge in [-0.05, 0) is 83.1 Å². The molecule has 0 spiro atoms. The van der Waals surface area contributed by atoms with Crippen LogP contribution in [0.2, 0.25) is 0 Å². The van der Waals surface area contributed by atoms with Gasteiger partial charge in [0.1, 0.15) is 22.3 Å². The van der Waals surface area contributed by atoms with Gasteiger partial charge >= 0.3 is 0 Å². The van der Waals surface area contributed by atoms with Crippen molar-refractivity contribution in [3.8, 4) is 0 Å². The van der Waals surface area contributed by atoms with Gasteiger partial charge in [0.05, 0.1) is 16.6 Å². The molecule has 276 valence electrons. The zero-order valence-electron chi connectivity index (χ0n) is 32.1. The number of nitrogens with zero attached hydrogens (tertiary/aromatic N) is 3. The summed E-state index contributed by atoms with van der Waals surface area (Å²) in [6.45, 7) is -0.0130. The second-order valence-electron chi connectivity index (χ2n) is 16.4. The molecule has 0 N–H and O–H groups in total. The molecule has 0 unspecified atom stereocenters. The fourth-order valence-corrected chi connectivity index (χ4v) is 11.1. The molecule has 0 saturated heterocycles. The van der Waals surface area contributed by atoms with Crippen molar-refractivity contribution in [3.63, 3.8) is 0 Å². The van der Waals surface area contributed by atoms with Crippen molar-refractivity contribution in [2.24, 2.45) is 0 Å². The van der Waals surface area contributed by atoms with E-state index in [4.69, 9.17) is 8.83 Å². The minimum absolute atomic E-state index is 0.0130. The van der Waals surface area contributed by atoms with Gasteiger partial charge in [-0.25, -0.2) is 0 Å². The van der Waals surface area contributed by atoms with Crippen molar-refractivity contribution < 1.29 is 8.83 Å². The van der Waals surface area contributed by atoms with Crippen molar-refractivity contribution >= 4 is 139 Å². The molecule has 2 aliphatic heterocycles. The smallest absolute Gasteiger partial charge is 0.252 e. The fourth-order valence-electron chi connectivity index (χ4n) is 11.1. The fraction of sp³-hybridized carbons (Fsp3) is 0. The van der Waals surface area contributed by atoms with Gasteiger partial charge in [-0.1, -0.05) is 103 Å². The molecular formula is C54H30BN3O2. The SMILES string of the molecule is c1ccc2c(c1)B1c3cc4c5cccc6c7ccccc7n(c4cc3N(c3ccc4c(c3)oc3ccccc34)c3cccc(c31)N2c1ccc2c(c1)oc1ccccc12)c65. The van der Waals surface area contributed by atoms with Crippen LogP contribution in [0.25, 0.3) is 82.0 Å². The van der Waals surface area contributed by atoms with Gasteiger partial charge in [0, 0.05) is 89.3 Å². The molecule has 0 radical (unpaired) electrons. The van der Waals surface area contributed by atoms with E-state index in [1.54, 1.807) is 0 Å². The van der Waals surface area contributed by atoms with E-state index in [-0.39, 0.29) is 6.71 Å². The van der Waals surface area contributed by atoms with E-state index in [0.29, 0.717) is 0 Å². The third-order valence-corrected chi connectivity index (χ3v) is 13.5. The summed E-state index contributed by atoms with van der Waals surface area (Å²) >= 11 is 0. The predicted molar refractivity (Wildman–Crippen MR) is 250 cm³/mol. The number of furan rings is 2. The van der Waals surface area contributed by atoms with Crippen molar-refractivity contribution in [1.29, 1.82) is 0 Å². The summed E-state index contributed by atoms with van der Waals surface area (Å²) in [6.07, 6.45) is 0. The van der Waals surface area contributed by atoms with E-state index >= 15 is 0 Å². The largest absolute Gasteiger partial charge is 0.456 e. The molecule has 2 aliphatic rings. The van der Waals surface area contributed by atoms with Gasteiger partial charge in [0.15, 0.2) is 0 Å². The second-order valence-corrected chi connectivity index (χ2v) is 16.4. The number of aromatic nitrogens is 1. The predicted octanol–water partition coefficient (Wildman–Crippen LogP) is 12.7. The summed E-state index contributed by atoms with van der Waals surface area (Å²) < 4.78 is 15.5. The lowest BCUT2D eigenvalue weighted by Crippen LogP contribution is -2.61. The maximum atomic E-state index is 6.56. The molecule has 4 aromatic heterocycles. The molecule has 0 aliphatic carbocycles. The average Bonchev–Trinajstić information content (AvgIpc) is 4.05. The van der Waals surface area contributed by atoms with Crippen LogP contribution in [0.3, 0.4) is 0 Å². The van der Waals surface area contributed by atoms with Crippen molar-refractivity contribution in [2.75, 3.05) is 9.80 Å². The summed E-state index contributed by atoms with van der Waals surface area (Å²) in [7, 11) is 0. The Morgan fingerprint density at radius 1 is 0.333 bits per heavy atom. The number of para-hydroxylation sites is 5. The Kier molecular flexibility index (Phi) is 5.67. The maximum absolute atomic E-state index is 6.56. The third kappa shape index (κ3) is 3.80. The molecule has 6 heterocycles. The summed E-state index contributed by atoms with van der Waals surface area (Å²) in [6, 6.07) is 66.4. The number of rotatable bonds is 2. The van der Waals surface area contributed by atoms with Crippen molar-refractivity contribution in [3.05, 3.63) is 182 Å². The molecular weight excluding hydrogens is 733 g/mol. The van der Waals surface area contributed by atoms with Crippen LogP contribution < -0.4 is 26.2 Å². The van der Waals surface area contributed by atoms with E-state index in [0.717, 1.165) is 66.6 Å². The average molecular weight is 764 g/mol. The number of fused-ring (bicyclic) bond motifs is 16. The molecule has 0 bridgehead atoms. The summed E-state index contributed by atoms with van der Waals surface area (Å²) in [5.41, 5.74) is 17.9. The molecule has 0 amide bonds. The minimum Gasteiger partial charge on any atom is -0.456 e. The Hall–Kier alpha value is -7.96. The first-order chi connectivity index (χ1) is 29.8. The van der Waals surface area contributed by atoms with Crippen molar-refractivity contribution in [1.82, 2.24) is 4.40 Å². The highest BCUT2D eigenvalue weighted by atomic mass is 16.3. The standard InChI is InChI=1S/C54H30BN3O2/c1-5-17-43-33(11-1)38-14-9-15-39-40-29-42-48(30-47(40)58(43)54(38)39)57(32-24-26-37-35-13-3-8-22-50(35)60-52(37)28-32)46-20-10-19-45-53(46)55(42)41-16-4-6-18-44(41)56(45)31-23-25-36-34-12-2-7-21-49(34)59-51(36)27-31/h1-30H. The highest BCUT2D eigenvalue weighted by molar-refractivity contribution is 7.00. The minimum atomic E-state index is -0.0130. The Morgan fingerprint density at radius 3 is 1.58 bits per heavy atom. The third-order valence-electron chi connectivity index (χ3n) is 13.5. The number of benzene rings is 9. The first-order valence-electron chi connectivity index (χ1n) is 20.6. The lowest BCUT2D eigenvalue weighted by Gasteiger charge is -2.44. The van der Waals surface area contributed by atoms with Gasteiger partial charge in [-0.15, -0.1) is 0 Å². The molecule has 0 atom stereocenters. The van der Waals surface area contributed by atoms with E-state index in [9.17, 15) is 0 Å². The Morgan fingerprint density at radius 2 is 0.867 bits per heavy atom. The summed E-state index contributed by atoms with van der Waals surface area (Å²) in [5.74, 6) is 0. The van der Waals surface area contributed by atoms with Crippen LogP contribution in [0.5, 0.6) is 0 Å². The van der Waals surface area contributed by atoms with Crippen LogP contribution in [0, 0.1) is 0 Å². The first-order valence-corrected chi connectivity index (χ1v) is 20.6. The zero-order valence-corrected chi connectivity index (χ0v) is 32.1. The van der Waals surface area contributed by atoms with E-state index in [1.165, 1.54) is 65.9 Å². The molecule has 5 nitrogen and oxygen atoms in total. The van der Waals surface area contributed by atoms with Gasteiger partial charge in [0.2, 0.25) is 0 Å². The van der Waals surface area contributed by atoms with Crippen LogP contribution >= 0.6 is 0 Å². The molecule has 6 heteroatoms. The highest BCUT2D eigenvalue weighted by Gasteiger charge is 2.43. The van der Waals surface area contributed by atoms with Crippen molar-refractivity contribution in [2.45, 2.75) is 0 Å². The Balaban J connectivity index is 1.05. The van der Waals surface area contributed by atoms with Gasteiger partial charge in [-0.2, -0.15) is 0 Å². The normalized spacial score (nSPS) is 13.6. The zero-order chi connectivity index (χ0) is 38.8. The van der Waals surface area contributed by atoms with Crippen LogP contribution in [0.1, 0.15) is 0 Å². The Labute approximate surface area is 342 Å². The lowest BCUT2D eigenvalue weighted by molar-refractivity contribution is 0.668. The topological polar surface area (TPSA) is 37.2 Å². The van der Waals surface area contributed by atoms with E-state index in [2.05, 4.69) is 184 Å². The molecule has 9 aromatic carbocycles. The van der Waals surface area contributed by atoms with Crippen LogP contribution in [-0.4, -0.2) is 11.1 Å². The molecule has 15 rings (SSSR count). The maximum Gasteiger partial charge on any atom is 0.252 e. The highest BCUT2D eigenvalue weighted by Crippen LogP contribution is 2.48. The molecule has 0 fully saturated rings. The van der Waals surface area contributed by atoms with Crippen LogP contribution in [0.15, 0.2) is 191 Å². The first kappa shape index (κ1) is 31.1. The lowest BCUT2D eigenvalue weighted by atomic mass is 9.33.